The summed E-state index contributed by atoms with van der Waals surface area (Å²) in [4.78, 5) is 12.2. The molecule has 2 heterocycles. The number of carbonyl (C=O) groups excluding carboxylic acids is 1. The van der Waals surface area contributed by atoms with Gasteiger partial charge in [0.15, 0.2) is 0 Å². The van der Waals surface area contributed by atoms with Crippen molar-refractivity contribution in [1.82, 2.24) is 30.4 Å². The van der Waals surface area contributed by atoms with E-state index in [2.05, 4.69) is 31.0 Å². The van der Waals surface area contributed by atoms with Gasteiger partial charge in [0.25, 0.3) is 5.91 Å². The molecule has 0 spiro atoms. The molecule has 8 nitrogen and oxygen atoms in total. The molecule has 0 radical (unpaired) electrons. The quantitative estimate of drug-likeness (QED) is 0.749. The highest BCUT2D eigenvalue weighted by atomic mass is 16.1. The molecule has 0 bridgehead atoms. The summed E-state index contributed by atoms with van der Waals surface area (Å²) in [7, 11) is 0. The monoisotopic (exact) mass is 283 g/mol. The second-order valence-corrected chi connectivity index (χ2v) is 4.38. The van der Waals surface area contributed by atoms with E-state index in [1.165, 1.54) is 11.0 Å². The predicted octanol–water partition coefficient (Wildman–Crippen LogP) is 1.20. The van der Waals surface area contributed by atoms with Crippen molar-refractivity contribution in [1.29, 1.82) is 0 Å². The zero-order valence-electron chi connectivity index (χ0n) is 11.3. The summed E-state index contributed by atoms with van der Waals surface area (Å²) >= 11 is 0. The van der Waals surface area contributed by atoms with Crippen LogP contribution in [0.3, 0.4) is 0 Å². The van der Waals surface area contributed by atoms with Crippen molar-refractivity contribution in [3.63, 3.8) is 0 Å². The molecule has 0 aliphatic rings. The molecule has 3 aromatic rings. The van der Waals surface area contributed by atoms with Crippen LogP contribution in [0.4, 0.5) is 5.82 Å². The van der Waals surface area contributed by atoms with Gasteiger partial charge in [0.05, 0.1) is 11.9 Å². The van der Waals surface area contributed by atoms with E-state index in [9.17, 15) is 4.79 Å². The first-order chi connectivity index (χ1) is 10.3. The minimum absolute atomic E-state index is 0.197. The van der Waals surface area contributed by atoms with Gasteiger partial charge in [-0.15, -0.1) is 5.10 Å². The molecule has 2 N–H and O–H groups in total. The van der Waals surface area contributed by atoms with E-state index in [0.29, 0.717) is 11.4 Å². The van der Waals surface area contributed by atoms with Crippen molar-refractivity contribution in [2.75, 3.05) is 5.32 Å². The molecule has 0 atom stereocenters. The Hall–Kier alpha value is -3.03. The number of nitrogens with zero attached hydrogens (tertiary/aromatic N) is 5. The zero-order valence-corrected chi connectivity index (χ0v) is 11.3. The van der Waals surface area contributed by atoms with E-state index in [0.717, 1.165) is 17.7 Å². The van der Waals surface area contributed by atoms with Gasteiger partial charge >= 0.3 is 0 Å². The minimum Gasteiger partial charge on any atom is -0.307 e. The summed E-state index contributed by atoms with van der Waals surface area (Å²) < 4.78 is 1.52. The first-order valence-electron chi connectivity index (χ1n) is 6.45. The molecule has 2 aromatic heterocycles. The summed E-state index contributed by atoms with van der Waals surface area (Å²) in [6.07, 6.45) is 3.99. The normalized spacial score (nSPS) is 10.5. The van der Waals surface area contributed by atoms with Crippen LogP contribution in [0.15, 0.2) is 36.8 Å². The Bertz CT molecular complexity index is 730. The lowest BCUT2D eigenvalue weighted by Gasteiger charge is -2.05. The van der Waals surface area contributed by atoms with E-state index in [-0.39, 0.29) is 5.91 Å². The Kier molecular flexibility index (Phi) is 3.42. The Morgan fingerprint density at radius 2 is 2.14 bits per heavy atom. The average Bonchev–Trinajstić information content (AvgIpc) is 3.18. The van der Waals surface area contributed by atoms with Gasteiger partial charge in [-0.2, -0.15) is 5.10 Å². The third kappa shape index (κ3) is 2.64. The molecule has 0 saturated carbocycles. The van der Waals surface area contributed by atoms with Crippen LogP contribution >= 0.6 is 0 Å². The van der Waals surface area contributed by atoms with Crippen molar-refractivity contribution in [2.24, 2.45) is 0 Å². The Morgan fingerprint density at radius 3 is 2.81 bits per heavy atom. The highest BCUT2D eigenvalue weighted by Crippen LogP contribution is 2.14. The Labute approximate surface area is 120 Å². The number of benzene rings is 1. The number of rotatable bonds is 4. The molecule has 0 saturated heterocycles. The molecule has 3 rings (SSSR count). The van der Waals surface area contributed by atoms with Gasteiger partial charge in [-0.05, 0) is 41.1 Å². The molecule has 0 aliphatic heterocycles. The molecule has 21 heavy (non-hydrogen) atoms. The molecular formula is C13H13N7O. The number of tetrazole rings is 1. The van der Waals surface area contributed by atoms with Crippen LogP contribution < -0.4 is 5.32 Å². The number of hydrogen-bond donors (Lipinski definition) is 2. The molecule has 0 unspecified atom stereocenters. The van der Waals surface area contributed by atoms with Crippen LogP contribution in [-0.4, -0.2) is 36.3 Å². The third-order valence-electron chi connectivity index (χ3n) is 3.08. The lowest BCUT2D eigenvalue weighted by molar-refractivity contribution is 0.102. The maximum atomic E-state index is 12.2. The molecule has 1 aromatic carbocycles. The molecule has 0 fully saturated rings. The molecule has 1 amide bonds. The maximum Gasteiger partial charge on any atom is 0.256 e. The number of aromatic nitrogens is 6. The van der Waals surface area contributed by atoms with Crippen LogP contribution in [0, 0.1) is 0 Å². The van der Waals surface area contributed by atoms with Crippen molar-refractivity contribution in [2.45, 2.75) is 13.3 Å². The topological polar surface area (TPSA) is 101 Å². The number of anilines is 1. The lowest BCUT2D eigenvalue weighted by Crippen LogP contribution is -2.13. The van der Waals surface area contributed by atoms with Crippen LogP contribution in [0.2, 0.25) is 0 Å². The van der Waals surface area contributed by atoms with Crippen molar-refractivity contribution >= 4 is 11.7 Å². The largest absolute Gasteiger partial charge is 0.307 e. The van der Waals surface area contributed by atoms with E-state index < -0.39 is 0 Å². The Morgan fingerprint density at radius 1 is 1.33 bits per heavy atom. The number of hydrogen-bond acceptors (Lipinski definition) is 5. The fourth-order valence-electron chi connectivity index (χ4n) is 1.92. The van der Waals surface area contributed by atoms with Crippen LogP contribution in [0.1, 0.15) is 22.8 Å². The summed E-state index contributed by atoms with van der Waals surface area (Å²) in [5.74, 6) is 0.435. The fourth-order valence-corrected chi connectivity index (χ4v) is 1.92. The van der Waals surface area contributed by atoms with E-state index in [1.54, 1.807) is 30.5 Å². The lowest BCUT2D eigenvalue weighted by atomic mass is 10.2. The van der Waals surface area contributed by atoms with Crippen molar-refractivity contribution in [3.05, 3.63) is 47.9 Å². The highest BCUT2D eigenvalue weighted by molar-refractivity contribution is 6.04. The van der Waals surface area contributed by atoms with Gasteiger partial charge in [-0.3, -0.25) is 9.89 Å². The third-order valence-corrected chi connectivity index (χ3v) is 3.08. The van der Waals surface area contributed by atoms with Crippen LogP contribution in [0.5, 0.6) is 0 Å². The van der Waals surface area contributed by atoms with Crippen LogP contribution in [0.25, 0.3) is 5.69 Å². The minimum atomic E-state index is -0.197. The summed E-state index contributed by atoms with van der Waals surface area (Å²) in [5.41, 5.74) is 2.30. The van der Waals surface area contributed by atoms with E-state index in [1.807, 2.05) is 6.92 Å². The summed E-state index contributed by atoms with van der Waals surface area (Å²) in [6, 6.07) is 6.99. The average molecular weight is 283 g/mol. The molecule has 8 heteroatoms. The second-order valence-electron chi connectivity index (χ2n) is 4.38. The molecule has 0 aliphatic carbocycles. The predicted molar refractivity (Wildman–Crippen MR) is 75.1 cm³/mol. The standard InChI is InChI=1S/C13H13N7O/c1-2-9-7-14-17-12(9)16-13(21)10-3-5-11(6-4-10)20-8-15-18-19-20/h3-8H,2H2,1H3,(H2,14,16,17,21). The summed E-state index contributed by atoms with van der Waals surface area (Å²) in [6.45, 7) is 2.00. The number of H-pyrrole nitrogens is 1. The van der Waals surface area contributed by atoms with Crippen molar-refractivity contribution in [3.8, 4) is 5.69 Å². The second kappa shape index (κ2) is 5.53. The first-order valence-corrected chi connectivity index (χ1v) is 6.45. The van der Waals surface area contributed by atoms with Crippen molar-refractivity contribution < 1.29 is 4.79 Å². The van der Waals surface area contributed by atoms with Crippen LogP contribution in [-0.2, 0) is 6.42 Å². The maximum absolute atomic E-state index is 12.2. The number of aromatic amines is 1. The first kappa shape index (κ1) is 13.0. The van der Waals surface area contributed by atoms with Gasteiger partial charge in [0.1, 0.15) is 12.1 Å². The van der Waals surface area contributed by atoms with Gasteiger partial charge in [-0.25, -0.2) is 4.68 Å². The van der Waals surface area contributed by atoms with Gasteiger partial charge in [-0.1, -0.05) is 6.92 Å². The number of amides is 1. The molecule has 106 valence electrons. The van der Waals surface area contributed by atoms with Gasteiger partial charge in [0.2, 0.25) is 0 Å². The molecular weight excluding hydrogens is 270 g/mol. The van der Waals surface area contributed by atoms with E-state index in [4.69, 9.17) is 0 Å². The number of nitrogens with one attached hydrogen (secondary N) is 2. The highest BCUT2D eigenvalue weighted by Gasteiger charge is 2.10. The number of aryl methyl sites for hydroxylation is 1. The van der Waals surface area contributed by atoms with Gasteiger partial charge < -0.3 is 5.32 Å². The SMILES string of the molecule is CCc1cn[nH]c1NC(=O)c1ccc(-n2cnnn2)cc1. The smallest absolute Gasteiger partial charge is 0.256 e. The van der Waals surface area contributed by atoms with Gasteiger partial charge in [0, 0.05) is 11.1 Å². The Balaban J connectivity index is 1.76. The van der Waals surface area contributed by atoms with E-state index >= 15 is 0 Å². The zero-order chi connectivity index (χ0) is 14.7. The number of carbonyl (C=O) groups is 1. The summed E-state index contributed by atoms with van der Waals surface area (Å²) in [5, 5.41) is 20.4. The fraction of sp³-hybridized carbons (Fsp3) is 0.154.